The zero-order valence-electron chi connectivity index (χ0n) is 11.4. The quantitative estimate of drug-likeness (QED) is 0.933. The Labute approximate surface area is 130 Å². The van der Waals surface area contributed by atoms with Crippen molar-refractivity contribution in [3.8, 4) is 11.4 Å². The highest BCUT2D eigenvalue weighted by molar-refractivity contribution is 6.36. The summed E-state index contributed by atoms with van der Waals surface area (Å²) < 4.78 is 6.50. The minimum Gasteiger partial charge on any atom is -0.492 e. The van der Waals surface area contributed by atoms with E-state index in [1.807, 2.05) is 6.92 Å². The van der Waals surface area contributed by atoms with Gasteiger partial charge in [0.2, 0.25) is 0 Å². The highest BCUT2D eigenvalue weighted by atomic mass is 35.5. The summed E-state index contributed by atoms with van der Waals surface area (Å²) in [7, 11) is 0. The van der Waals surface area contributed by atoms with Gasteiger partial charge in [-0.3, -0.25) is 9.78 Å². The second-order valence-electron chi connectivity index (χ2n) is 4.34. The first kappa shape index (κ1) is 15.6. The second kappa shape index (κ2) is 6.32. The summed E-state index contributed by atoms with van der Waals surface area (Å²) in [6, 6.07) is 2.99. The van der Waals surface area contributed by atoms with E-state index in [-0.39, 0.29) is 16.4 Å². The van der Waals surface area contributed by atoms with Gasteiger partial charge in [0, 0.05) is 6.07 Å². The Hall–Kier alpha value is -1.79. The molecule has 0 atom stereocenters. The standard InChI is InChI=1S/C13H13Cl2N3O3/c1-3-4-21-11-6-10(8(14)5-9(11)15)18-13(20)16-12(19)7(2)17-18/h5-6H,3-4H2,1-2H3,(H,16,19,20). The Morgan fingerprint density at radius 3 is 2.67 bits per heavy atom. The molecule has 1 aromatic heterocycles. The van der Waals surface area contributed by atoms with Crippen molar-refractivity contribution in [1.29, 1.82) is 0 Å². The van der Waals surface area contributed by atoms with Crippen molar-refractivity contribution < 1.29 is 4.74 Å². The number of aryl methyl sites for hydroxylation is 1. The van der Waals surface area contributed by atoms with Gasteiger partial charge in [-0.1, -0.05) is 30.1 Å². The Morgan fingerprint density at radius 2 is 2.00 bits per heavy atom. The lowest BCUT2D eigenvalue weighted by atomic mass is 10.3. The molecule has 0 saturated carbocycles. The molecule has 112 valence electrons. The number of nitrogens with one attached hydrogen (secondary N) is 1. The number of ether oxygens (including phenoxy) is 1. The Kier molecular flexibility index (Phi) is 4.69. The summed E-state index contributed by atoms with van der Waals surface area (Å²) in [5.41, 5.74) is -0.784. The van der Waals surface area contributed by atoms with Gasteiger partial charge in [0.15, 0.2) is 0 Å². The fraction of sp³-hybridized carbons (Fsp3) is 0.308. The summed E-state index contributed by atoms with van der Waals surface area (Å²) in [4.78, 5) is 25.4. The topological polar surface area (TPSA) is 77.0 Å². The minimum atomic E-state index is -0.684. The van der Waals surface area contributed by atoms with Crippen molar-refractivity contribution in [2.24, 2.45) is 0 Å². The monoisotopic (exact) mass is 329 g/mol. The van der Waals surface area contributed by atoms with Gasteiger partial charge in [0.05, 0.1) is 22.3 Å². The number of rotatable bonds is 4. The number of hydrogen-bond acceptors (Lipinski definition) is 4. The van der Waals surface area contributed by atoms with Gasteiger partial charge >= 0.3 is 5.69 Å². The van der Waals surface area contributed by atoms with E-state index in [9.17, 15) is 9.59 Å². The molecule has 1 heterocycles. The summed E-state index contributed by atoms with van der Waals surface area (Å²) in [6.07, 6.45) is 0.810. The van der Waals surface area contributed by atoms with E-state index in [0.717, 1.165) is 11.1 Å². The van der Waals surface area contributed by atoms with Crippen LogP contribution in [0.4, 0.5) is 0 Å². The zero-order valence-corrected chi connectivity index (χ0v) is 13.0. The third-order valence-corrected chi connectivity index (χ3v) is 3.28. The third-order valence-electron chi connectivity index (χ3n) is 2.68. The van der Waals surface area contributed by atoms with Crippen molar-refractivity contribution in [3.63, 3.8) is 0 Å². The maximum Gasteiger partial charge on any atom is 0.349 e. The van der Waals surface area contributed by atoms with Gasteiger partial charge in [-0.2, -0.15) is 9.78 Å². The fourth-order valence-corrected chi connectivity index (χ4v) is 2.17. The van der Waals surface area contributed by atoms with Crippen molar-refractivity contribution in [2.45, 2.75) is 20.3 Å². The van der Waals surface area contributed by atoms with Crippen molar-refractivity contribution in [2.75, 3.05) is 6.61 Å². The molecule has 0 saturated heterocycles. The van der Waals surface area contributed by atoms with Crippen LogP contribution >= 0.6 is 23.2 Å². The molecule has 0 bridgehead atoms. The molecule has 0 unspecified atom stereocenters. The molecule has 0 spiro atoms. The third kappa shape index (κ3) is 3.28. The number of H-pyrrole nitrogens is 1. The molecule has 1 N–H and O–H groups in total. The number of halogens is 2. The summed E-state index contributed by atoms with van der Waals surface area (Å²) in [5.74, 6) is 0.399. The van der Waals surface area contributed by atoms with Crippen molar-refractivity contribution >= 4 is 23.2 Å². The zero-order chi connectivity index (χ0) is 15.6. The molecule has 0 aliphatic rings. The largest absolute Gasteiger partial charge is 0.492 e. The van der Waals surface area contributed by atoms with Gasteiger partial charge in [0.1, 0.15) is 11.4 Å². The van der Waals surface area contributed by atoms with Crippen LogP contribution in [0, 0.1) is 6.92 Å². The number of nitrogens with zero attached hydrogens (tertiary/aromatic N) is 2. The van der Waals surface area contributed by atoms with Crippen LogP contribution in [-0.2, 0) is 0 Å². The normalized spacial score (nSPS) is 10.7. The minimum absolute atomic E-state index is 0.150. The molecule has 21 heavy (non-hydrogen) atoms. The van der Waals surface area contributed by atoms with Crippen LogP contribution in [0.25, 0.3) is 5.69 Å². The highest BCUT2D eigenvalue weighted by Gasteiger charge is 2.13. The van der Waals surface area contributed by atoms with E-state index in [1.165, 1.54) is 19.1 Å². The van der Waals surface area contributed by atoms with Crippen LogP contribution < -0.4 is 16.0 Å². The van der Waals surface area contributed by atoms with E-state index < -0.39 is 11.2 Å². The fourth-order valence-electron chi connectivity index (χ4n) is 1.65. The Morgan fingerprint density at radius 1 is 1.29 bits per heavy atom. The number of aromatic nitrogens is 3. The first-order chi connectivity index (χ1) is 9.93. The van der Waals surface area contributed by atoms with Gasteiger partial charge in [-0.15, -0.1) is 0 Å². The summed E-state index contributed by atoms with van der Waals surface area (Å²) >= 11 is 12.1. The Bertz CT molecular complexity index is 783. The lowest BCUT2D eigenvalue weighted by Crippen LogP contribution is -2.33. The SMILES string of the molecule is CCCOc1cc(-n2nc(C)c(=O)[nH]c2=O)c(Cl)cc1Cl. The number of benzene rings is 1. The van der Waals surface area contributed by atoms with Crippen LogP contribution in [0.15, 0.2) is 21.7 Å². The van der Waals surface area contributed by atoms with E-state index in [4.69, 9.17) is 27.9 Å². The predicted molar refractivity (Wildman–Crippen MR) is 81.0 cm³/mol. The van der Waals surface area contributed by atoms with E-state index >= 15 is 0 Å². The molecular formula is C13H13Cl2N3O3. The first-order valence-electron chi connectivity index (χ1n) is 6.26. The number of aromatic amines is 1. The molecule has 8 heteroatoms. The Balaban J connectivity index is 2.61. The summed E-state index contributed by atoms with van der Waals surface area (Å²) in [6.45, 7) is 3.93. The molecule has 2 aromatic rings. The van der Waals surface area contributed by atoms with Crippen LogP contribution in [0.1, 0.15) is 19.0 Å². The molecule has 0 radical (unpaired) electrons. The first-order valence-corrected chi connectivity index (χ1v) is 7.02. The average Bonchev–Trinajstić information content (AvgIpc) is 2.42. The maximum absolute atomic E-state index is 11.9. The molecule has 1 aromatic carbocycles. The predicted octanol–water partition coefficient (Wildman–Crippen LogP) is 2.32. The maximum atomic E-state index is 11.9. The molecular weight excluding hydrogens is 317 g/mol. The highest BCUT2D eigenvalue weighted by Crippen LogP contribution is 2.32. The van der Waals surface area contributed by atoms with Crippen LogP contribution in [0.5, 0.6) is 5.75 Å². The van der Waals surface area contributed by atoms with E-state index in [1.54, 1.807) is 0 Å². The summed E-state index contributed by atoms with van der Waals surface area (Å²) in [5, 5.41) is 4.50. The average molecular weight is 330 g/mol. The van der Waals surface area contributed by atoms with Gasteiger partial charge in [-0.05, 0) is 19.4 Å². The van der Waals surface area contributed by atoms with Gasteiger partial charge in [0.25, 0.3) is 5.56 Å². The van der Waals surface area contributed by atoms with Crippen LogP contribution in [-0.4, -0.2) is 21.4 Å². The van der Waals surface area contributed by atoms with Crippen LogP contribution in [0.2, 0.25) is 10.0 Å². The molecule has 0 fully saturated rings. The molecule has 0 aliphatic heterocycles. The van der Waals surface area contributed by atoms with Crippen LogP contribution in [0.3, 0.4) is 0 Å². The van der Waals surface area contributed by atoms with E-state index in [2.05, 4.69) is 10.1 Å². The van der Waals surface area contributed by atoms with Crippen molar-refractivity contribution in [1.82, 2.24) is 14.8 Å². The molecule has 0 amide bonds. The molecule has 6 nitrogen and oxygen atoms in total. The van der Waals surface area contributed by atoms with Crippen molar-refractivity contribution in [3.05, 3.63) is 48.7 Å². The smallest absolute Gasteiger partial charge is 0.349 e. The van der Waals surface area contributed by atoms with Gasteiger partial charge in [-0.25, -0.2) is 4.79 Å². The molecule has 2 rings (SSSR count). The van der Waals surface area contributed by atoms with Gasteiger partial charge < -0.3 is 4.74 Å². The lowest BCUT2D eigenvalue weighted by Gasteiger charge is -2.12. The lowest BCUT2D eigenvalue weighted by molar-refractivity contribution is 0.317. The second-order valence-corrected chi connectivity index (χ2v) is 5.15. The number of hydrogen-bond donors (Lipinski definition) is 1. The van der Waals surface area contributed by atoms with E-state index in [0.29, 0.717) is 17.4 Å². The molecule has 0 aliphatic carbocycles.